The summed E-state index contributed by atoms with van der Waals surface area (Å²) in [7, 11) is 0. The van der Waals surface area contributed by atoms with Gasteiger partial charge in [0.25, 0.3) is 6.43 Å². The second kappa shape index (κ2) is 4.32. The van der Waals surface area contributed by atoms with Crippen LogP contribution in [0.3, 0.4) is 0 Å². The van der Waals surface area contributed by atoms with Crippen molar-refractivity contribution in [1.82, 2.24) is 4.98 Å². The molecule has 0 N–H and O–H groups in total. The van der Waals surface area contributed by atoms with Gasteiger partial charge in [-0.1, -0.05) is 11.6 Å². The van der Waals surface area contributed by atoms with Gasteiger partial charge in [-0.2, -0.15) is 13.2 Å². The standard InChI is InChI=1S/C8H3ClF5NO/c9-6-5(7(10)11)4(8(12,13)14)1-3(2-16)15-6/h1-2,7H. The third-order valence-corrected chi connectivity index (χ3v) is 1.96. The lowest BCUT2D eigenvalue weighted by molar-refractivity contribution is -0.139. The van der Waals surface area contributed by atoms with Crippen LogP contribution in [0.25, 0.3) is 0 Å². The largest absolute Gasteiger partial charge is 0.417 e. The average molecular weight is 260 g/mol. The number of hydrogen-bond donors (Lipinski definition) is 0. The Kier molecular flexibility index (Phi) is 3.47. The van der Waals surface area contributed by atoms with E-state index in [-0.39, 0.29) is 12.4 Å². The van der Waals surface area contributed by atoms with E-state index in [0.29, 0.717) is 0 Å². The van der Waals surface area contributed by atoms with Crippen molar-refractivity contribution in [2.75, 3.05) is 0 Å². The second-order valence-corrected chi connectivity index (χ2v) is 3.07. The zero-order chi connectivity index (χ0) is 12.5. The molecule has 0 aliphatic carbocycles. The minimum atomic E-state index is -5.02. The maximum Gasteiger partial charge on any atom is 0.417 e. The van der Waals surface area contributed by atoms with E-state index in [4.69, 9.17) is 11.6 Å². The molecule has 0 unspecified atom stereocenters. The number of halogens is 6. The summed E-state index contributed by atoms with van der Waals surface area (Å²) in [4.78, 5) is 13.3. The Morgan fingerprint density at radius 1 is 1.38 bits per heavy atom. The van der Waals surface area contributed by atoms with Crippen LogP contribution >= 0.6 is 11.6 Å². The molecular weight excluding hydrogens is 257 g/mol. The topological polar surface area (TPSA) is 30.0 Å². The summed E-state index contributed by atoms with van der Waals surface area (Å²) in [6.07, 6.45) is -8.44. The van der Waals surface area contributed by atoms with E-state index in [9.17, 15) is 26.7 Å². The van der Waals surface area contributed by atoms with Gasteiger partial charge in [0.05, 0.1) is 11.1 Å². The fourth-order valence-corrected chi connectivity index (χ4v) is 1.33. The highest BCUT2D eigenvalue weighted by Crippen LogP contribution is 2.39. The van der Waals surface area contributed by atoms with Gasteiger partial charge in [-0.25, -0.2) is 13.8 Å². The Labute approximate surface area is 91.0 Å². The van der Waals surface area contributed by atoms with Crippen LogP contribution in [-0.4, -0.2) is 11.3 Å². The Bertz CT molecular complexity index is 418. The quantitative estimate of drug-likeness (QED) is 0.462. The summed E-state index contributed by atoms with van der Waals surface area (Å²) in [5, 5.41) is -1.02. The van der Waals surface area contributed by atoms with Gasteiger partial charge in [0.2, 0.25) is 0 Å². The van der Waals surface area contributed by atoms with Crippen LogP contribution < -0.4 is 0 Å². The maximum atomic E-state index is 12.4. The minimum absolute atomic E-state index is 0.00360. The van der Waals surface area contributed by atoms with Crippen LogP contribution in [0.1, 0.15) is 28.0 Å². The van der Waals surface area contributed by atoms with Crippen LogP contribution in [0.2, 0.25) is 5.15 Å². The fourth-order valence-electron chi connectivity index (χ4n) is 1.05. The lowest BCUT2D eigenvalue weighted by atomic mass is 10.1. The molecule has 16 heavy (non-hydrogen) atoms. The summed E-state index contributed by atoms with van der Waals surface area (Å²) in [6, 6.07) is 0.236. The van der Waals surface area contributed by atoms with Crippen molar-refractivity contribution in [2.24, 2.45) is 0 Å². The summed E-state index contributed by atoms with van der Waals surface area (Å²) >= 11 is 5.16. The van der Waals surface area contributed by atoms with Gasteiger partial charge in [0, 0.05) is 0 Å². The molecule has 0 spiro atoms. The normalized spacial score (nSPS) is 11.9. The summed E-state index contributed by atoms with van der Waals surface area (Å²) in [6.45, 7) is 0. The van der Waals surface area contributed by atoms with Crippen molar-refractivity contribution in [2.45, 2.75) is 12.6 Å². The highest BCUT2D eigenvalue weighted by molar-refractivity contribution is 6.30. The molecule has 1 aromatic heterocycles. The van der Waals surface area contributed by atoms with Gasteiger partial charge < -0.3 is 0 Å². The summed E-state index contributed by atoms with van der Waals surface area (Å²) in [5.41, 5.74) is -3.72. The van der Waals surface area contributed by atoms with Gasteiger partial charge >= 0.3 is 6.18 Å². The molecule has 0 aliphatic heterocycles. The van der Waals surface area contributed by atoms with Crippen molar-refractivity contribution in [3.8, 4) is 0 Å². The van der Waals surface area contributed by atoms with Crippen molar-refractivity contribution in [3.63, 3.8) is 0 Å². The van der Waals surface area contributed by atoms with Gasteiger partial charge in [0.15, 0.2) is 6.29 Å². The second-order valence-electron chi connectivity index (χ2n) is 2.72. The Morgan fingerprint density at radius 2 is 1.94 bits per heavy atom. The minimum Gasteiger partial charge on any atom is -0.296 e. The molecule has 8 heteroatoms. The molecule has 1 rings (SSSR count). The van der Waals surface area contributed by atoms with Crippen molar-refractivity contribution in [1.29, 1.82) is 0 Å². The van der Waals surface area contributed by atoms with E-state index in [1.165, 1.54) is 0 Å². The average Bonchev–Trinajstić information content (AvgIpc) is 2.14. The predicted octanol–water partition coefficient (Wildman–Crippen LogP) is 3.50. The van der Waals surface area contributed by atoms with E-state index in [1.807, 2.05) is 0 Å². The number of aldehydes is 1. The zero-order valence-electron chi connectivity index (χ0n) is 7.36. The van der Waals surface area contributed by atoms with E-state index in [0.717, 1.165) is 0 Å². The van der Waals surface area contributed by atoms with Crippen LogP contribution in [0, 0.1) is 0 Å². The first-order valence-corrected chi connectivity index (χ1v) is 4.16. The number of hydrogen-bond acceptors (Lipinski definition) is 2. The molecule has 0 bridgehead atoms. The molecule has 0 amide bonds. The lowest BCUT2D eigenvalue weighted by Gasteiger charge is -2.13. The number of carbonyl (C=O) groups is 1. The SMILES string of the molecule is O=Cc1cc(C(F)(F)F)c(C(F)F)c(Cl)n1. The Balaban J connectivity index is 3.53. The molecule has 0 aromatic carbocycles. The molecule has 0 fully saturated rings. The monoisotopic (exact) mass is 259 g/mol. The van der Waals surface area contributed by atoms with E-state index >= 15 is 0 Å². The molecule has 0 atom stereocenters. The van der Waals surface area contributed by atoms with E-state index < -0.39 is 34.6 Å². The maximum absolute atomic E-state index is 12.4. The predicted molar refractivity (Wildman–Crippen MR) is 44.6 cm³/mol. The van der Waals surface area contributed by atoms with Crippen molar-refractivity contribution in [3.05, 3.63) is 28.0 Å². The van der Waals surface area contributed by atoms with Gasteiger partial charge in [-0.15, -0.1) is 0 Å². The molecule has 0 saturated heterocycles. The number of rotatable bonds is 2. The van der Waals surface area contributed by atoms with Crippen LogP contribution in [0.15, 0.2) is 6.07 Å². The number of alkyl halides is 5. The molecule has 2 nitrogen and oxygen atoms in total. The summed E-state index contributed by atoms with van der Waals surface area (Å²) < 4.78 is 61.8. The first-order valence-electron chi connectivity index (χ1n) is 3.78. The van der Waals surface area contributed by atoms with Crippen LogP contribution in [-0.2, 0) is 6.18 Å². The number of nitrogens with zero attached hydrogens (tertiary/aromatic N) is 1. The van der Waals surface area contributed by atoms with Crippen molar-refractivity contribution < 1.29 is 26.7 Å². The number of aromatic nitrogens is 1. The van der Waals surface area contributed by atoms with Crippen molar-refractivity contribution >= 4 is 17.9 Å². The molecule has 0 saturated carbocycles. The molecular formula is C8H3ClF5NO. The number of pyridine rings is 1. The summed E-state index contributed by atoms with van der Waals surface area (Å²) in [5.74, 6) is 0. The third-order valence-electron chi connectivity index (χ3n) is 1.68. The van der Waals surface area contributed by atoms with E-state index in [2.05, 4.69) is 4.98 Å². The van der Waals surface area contributed by atoms with E-state index in [1.54, 1.807) is 0 Å². The molecule has 1 aromatic rings. The molecule has 0 aliphatic rings. The lowest BCUT2D eigenvalue weighted by Crippen LogP contribution is -2.12. The highest BCUT2D eigenvalue weighted by Gasteiger charge is 2.38. The molecule has 1 heterocycles. The first kappa shape index (κ1) is 12.8. The Hall–Kier alpha value is -1.24. The molecule has 88 valence electrons. The highest BCUT2D eigenvalue weighted by atomic mass is 35.5. The zero-order valence-corrected chi connectivity index (χ0v) is 8.11. The van der Waals surface area contributed by atoms with Crippen LogP contribution in [0.5, 0.6) is 0 Å². The van der Waals surface area contributed by atoms with Gasteiger partial charge in [-0.3, -0.25) is 4.79 Å². The fraction of sp³-hybridized carbons (Fsp3) is 0.250. The number of carbonyl (C=O) groups excluding carboxylic acids is 1. The first-order chi connectivity index (χ1) is 7.27. The molecule has 0 radical (unpaired) electrons. The smallest absolute Gasteiger partial charge is 0.296 e. The van der Waals surface area contributed by atoms with Gasteiger partial charge in [0.1, 0.15) is 10.8 Å². The van der Waals surface area contributed by atoms with Crippen LogP contribution in [0.4, 0.5) is 22.0 Å². The third kappa shape index (κ3) is 2.46. The van der Waals surface area contributed by atoms with Gasteiger partial charge in [-0.05, 0) is 6.07 Å². The Morgan fingerprint density at radius 3 is 2.31 bits per heavy atom.